The van der Waals surface area contributed by atoms with Crippen LogP contribution in [0.1, 0.15) is 41.4 Å². The molecule has 0 amide bonds. The number of rotatable bonds is 4. The standard InChI is InChI=1S/2C7H6O2S.2C6H5NOS/c2*8-6-4-2-1-3-5(6)7(9)10;2*8-6(9)5-2-1-3-7-4-5/h2*1-4,8H,(H,9,10);2*1-4H,(H,8,9). The van der Waals surface area contributed by atoms with Gasteiger partial charge in [-0.15, -0.1) is 50.5 Å². The van der Waals surface area contributed by atoms with Gasteiger partial charge >= 0.3 is 0 Å². The largest absolute Gasteiger partial charge is 0.507 e. The summed E-state index contributed by atoms with van der Waals surface area (Å²) in [5.41, 5.74) is 1.54. The van der Waals surface area contributed by atoms with E-state index in [4.69, 9.17) is 10.2 Å². The zero-order valence-electron chi connectivity index (χ0n) is 19.4. The number of aromatic nitrogens is 2. The first kappa shape index (κ1) is 32.4. The summed E-state index contributed by atoms with van der Waals surface area (Å²) >= 11 is 14.3. The quantitative estimate of drug-likeness (QED) is 0.179. The number of carbonyl (C=O) groups excluding carboxylic acids is 4. The minimum atomic E-state index is -0.418. The molecule has 12 heteroatoms. The Bertz CT molecular complexity index is 1250. The number of hydrogen-bond donors (Lipinski definition) is 6. The van der Waals surface area contributed by atoms with Crippen molar-refractivity contribution in [1.82, 2.24) is 9.97 Å². The second-order valence-electron chi connectivity index (χ2n) is 6.74. The summed E-state index contributed by atoms with van der Waals surface area (Å²) in [5.74, 6) is -0.0509. The van der Waals surface area contributed by atoms with Crippen molar-refractivity contribution in [1.29, 1.82) is 0 Å². The molecule has 0 bridgehead atoms. The lowest BCUT2D eigenvalue weighted by molar-refractivity contribution is 0.108. The van der Waals surface area contributed by atoms with Crippen LogP contribution in [0.2, 0.25) is 0 Å². The van der Waals surface area contributed by atoms with E-state index in [1.807, 2.05) is 0 Å². The fourth-order valence-electron chi connectivity index (χ4n) is 2.29. The fraction of sp³-hybridized carbons (Fsp3) is 0. The van der Waals surface area contributed by atoms with Gasteiger partial charge in [0.1, 0.15) is 11.5 Å². The molecule has 0 unspecified atom stereocenters. The number of thiol groups is 4. The van der Waals surface area contributed by atoms with E-state index in [1.165, 1.54) is 36.7 Å². The van der Waals surface area contributed by atoms with Crippen molar-refractivity contribution < 1.29 is 29.4 Å². The Morgan fingerprint density at radius 3 is 1.03 bits per heavy atom. The van der Waals surface area contributed by atoms with Gasteiger partial charge in [-0.05, 0) is 48.5 Å². The molecule has 0 atom stereocenters. The highest BCUT2D eigenvalue weighted by Gasteiger charge is 2.04. The van der Waals surface area contributed by atoms with Gasteiger partial charge in [0.25, 0.3) is 0 Å². The van der Waals surface area contributed by atoms with Crippen molar-refractivity contribution in [2.24, 2.45) is 0 Å². The topological polar surface area (TPSA) is 135 Å². The van der Waals surface area contributed by atoms with Crippen molar-refractivity contribution in [2.45, 2.75) is 0 Å². The molecule has 2 N–H and O–H groups in total. The number of benzene rings is 2. The molecule has 0 spiro atoms. The van der Waals surface area contributed by atoms with Crippen LogP contribution in [0.5, 0.6) is 11.5 Å². The highest BCUT2D eigenvalue weighted by atomic mass is 32.1. The van der Waals surface area contributed by atoms with Gasteiger partial charge in [-0.3, -0.25) is 29.1 Å². The summed E-state index contributed by atoms with van der Waals surface area (Å²) in [4.78, 5) is 49.6. The Kier molecular flexibility index (Phi) is 15.2. The second-order valence-corrected chi connectivity index (χ2v) is 8.36. The Morgan fingerprint density at radius 1 is 0.500 bits per heavy atom. The minimum absolute atomic E-state index is 0.0255. The summed E-state index contributed by atoms with van der Waals surface area (Å²) in [6.45, 7) is 0. The molecule has 0 fully saturated rings. The Labute approximate surface area is 240 Å². The Hall–Kier alpha value is -3.58. The lowest BCUT2D eigenvalue weighted by Crippen LogP contribution is -1.87. The van der Waals surface area contributed by atoms with Crippen molar-refractivity contribution in [3.8, 4) is 11.5 Å². The number of carbonyl (C=O) groups is 4. The van der Waals surface area contributed by atoms with Crippen molar-refractivity contribution in [3.63, 3.8) is 0 Å². The van der Waals surface area contributed by atoms with Gasteiger partial charge in [-0.25, -0.2) is 0 Å². The maximum absolute atomic E-state index is 10.6. The molecule has 0 aliphatic rings. The minimum Gasteiger partial charge on any atom is -0.507 e. The van der Waals surface area contributed by atoms with E-state index in [1.54, 1.807) is 60.9 Å². The van der Waals surface area contributed by atoms with Crippen LogP contribution in [0.15, 0.2) is 97.6 Å². The highest BCUT2D eigenvalue weighted by molar-refractivity contribution is 7.97. The van der Waals surface area contributed by atoms with E-state index >= 15 is 0 Å². The van der Waals surface area contributed by atoms with Crippen LogP contribution < -0.4 is 0 Å². The lowest BCUT2D eigenvalue weighted by atomic mass is 10.2. The van der Waals surface area contributed by atoms with Crippen LogP contribution in [0.4, 0.5) is 0 Å². The highest BCUT2D eigenvalue weighted by Crippen LogP contribution is 2.17. The van der Waals surface area contributed by atoms with Gasteiger partial charge in [0.15, 0.2) is 0 Å². The molecule has 2 aromatic heterocycles. The second kappa shape index (κ2) is 17.8. The number of pyridine rings is 2. The molecule has 2 heterocycles. The average Bonchev–Trinajstić information content (AvgIpc) is 2.91. The number of para-hydroxylation sites is 2. The third-order valence-corrected chi connectivity index (χ3v) is 5.08. The fourth-order valence-corrected chi connectivity index (χ4v) is 2.93. The smallest absolute Gasteiger partial charge is 0.220 e. The molecule has 0 radical (unpaired) electrons. The SMILES string of the molecule is O=C(S)c1ccccc1O.O=C(S)c1ccccc1O.O=C(S)c1cccnc1.O=C(S)c1cccnc1. The van der Waals surface area contributed by atoms with Crippen LogP contribution in [0, 0.1) is 0 Å². The average molecular weight is 587 g/mol. The van der Waals surface area contributed by atoms with Gasteiger partial charge in [0, 0.05) is 35.9 Å². The zero-order chi connectivity index (χ0) is 28.5. The van der Waals surface area contributed by atoms with Crippen LogP contribution in [0.3, 0.4) is 0 Å². The van der Waals surface area contributed by atoms with E-state index in [-0.39, 0.29) is 32.9 Å². The van der Waals surface area contributed by atoms with Crippen LogP contribution in [-0.2, 0) is 0 Å². The molecule has 0 aliphatic heterocycles. The summed E-state index contributed by atoms with van der Waals surface area (Å²) in [5, 5.41) is 16.7. The summed E-state index contributed by atoms with van der Waals surface area (Å²) in [6, 6.07) is 19.3. The number of phenolic OH excluding ortho intramolecular Hbond substituents is 2. The van der Waals surface area contributed by atoms with E-state index in [0.29, 0.717) is 11.1 Å². The van der Waals surface area contributed by atoms with Crippen molar-refractivity contribution in [2.75, 3.05) is 0 Å². The molecular formula is C26H22N2O6S4. The van der Waals surface area contributed by atoms with Gasteiger partial charge in [-0.2, -0.15) is 0 Å². The third-order valence-electron chi connectivity index (χ3n) is 4.09. The predicted octanol–water partition coefficient (Wildman–Crippen LogP) is 5.23. The van der Waals surface area contributed by atoms with Gasteiger partial charge in [0.05, 0.1) is 11.1 Å². The number of phenols is 2. The molecule has 4 rings (SSSR count). The third kappa shape index (κ3) is 12.6. The van der Waals surface area contributed by atoms with Gasteiger partial charge in [0.2, 0.25) is 20.5 Å². The first-order valence-corrected chi connectivity index (χ1v) is 12.1. The summed E-state index contributed by atoms with van der Waals surface area (Å²) in [6.07, 6.45) is 6.19. The van der Waals surface area contributed by atoms with Crippen LogP contribution in [-0.4, -0.2) is 40.6 Å². The predicted molar refractivity (Wildman–Crippen MR) is 158 cm³/mol. The monoisotopic (exact) mass is 586 g/mol. The Balaban J connectivity index is 0.000000254. The molecule has 2 aromatic carbocycles. The summed E-state index contributed by atoms with van der Waals surface area (Å²) in [7, 11) is 0. The van der Waals surface area contributed by atoms with E-state index in [2.05, 4.69) is 60.5 Å². The molecule has 38 heavy (non-hydrogen) atoms. The maximum atomic E-state index is 10.6. The number of nitrogens with zero attached hydrogens (tertiary/aromatic N) is 2. The zero-order valence-corrected chi connectivity index (χ0v) is 23.0. The van der Waals surface area contributed by atoms with Crippen molar-refractivity contribution in [3.05, 3.63) is 120 Å². The number of aromatic hydroxyl groups is 2. The molecular weight excluding hydrogens is 565 g/mol. The first-order valence-electron chi connectivity index (χ1n) is 10.3. The van der Waals surface area contributed by atoms with Crippen LogP contribution >= 0.6 is 50.5 Å². The molecule has 4 aromatic rings. The molecule has 0 aliphatic carbocycles. The number of hydrogen-bond acceptors (Lipinski definition) is 8. The van der Waals surface area contributed by atoms with E-state index in [0.717, 1.165) is 0 Å². The Morgan fingerprint density at radius 2 is 0.842 bits per heavy atom. The normalized spacial score (nSPS) is 9.16. The lowest BCUT2D eigenvalue weighted by Gasteiger charge is -1.95. The van der Waals surface area contributed by atoms with E-state index in [9.17, 15) is 19.2 Å². The molecule has 0 saturated carbocycles. The molecule has 8 nitrogen and oxygen atoms in total. The van der Waals surface area contributed by atoms with Crippen LogP contribution in [0.25, 0.3) is 0 Å². The van der Waals surface area contributed by atoms with E-state index < -0.39 is 10.2 Å². The molecule has 196 valence electrons. The maximum Gasteiger partial charge on any atom is 0.220 e. The van der Waals surface area contributed by atoms with Crippen molar-refractivity contribution >= 4 is 71.0 Å². The van der Waals surface area contributed by atoms with Gasteiger partial charge in [-0.1, -0.05) is 24.3 Å². The molecule has 0 saturated heterocycles. The first-order chi connectivity index (χ1) is 18.0. The van der Waals surface area contributed by atoms with Gasteiger partial charge < -0.3 is 10.2 Å². The summed E-state index contributed by atoms with van der Waals surface area (Å²) < 4.78 is 0.